The Morgan fingerprint density at radius 3 is 2.39 bits per heavy atom. The van der Waals surface area contributed by atoms with Gasteiger partial charge in [-0.1, -0.05) is 5.92 Å². The van der Waals surface area contributed by atoms with Crippen molar-refractivity contribution < 1.29 is 9.13 Å². The van der Waals surface area contributed by atoms with Crippen LogP contribution in [0.3, 0.4) is 0 Å². The Kier molecular flexibility index (Phi) is 4.97. The minimum atomic E-state index is -2.90. The molecule has 0 radical (unpaired) electrons. The number of likely N-dealkylation sites (N-methyl/N-ethyl adjacent to an activating group) is 2. The Labute approximate surface area is 138 Å². The highest BCUT2D eigenvalue weighted by atomic mass is 31.2. The topological polar surface area (TPSA) is 47.1 Å². The molecule has 0 saturated carbocycles. The molecule has 23 heavy (non-hydrogen) atoms. The largest absolute Gasteiger partial charge is 0.284 e. The van der Waals surface area contributed by atoms with E-state index in [1.807, 2.05) is 7.05 Å². The molecule has 0 saturated heterocycles. The summed E-state index contributed by atoms with van der Waals surface area (Å²) in [5.74, 6) is 8.91. The van der Waals surface area contributed by atoms with Crippen LogP contribution < -0.4 is 0 Å². The van der Waals surface area contributed by atoms with Crippen molar-refractivity contribution >= 4 is 14.9 Å². The van der Waals surface area contributed by atoms with Gasteiger partial charge in [-0.2, -0.15) is 0 Å². The zero-order valence-electron chi connectivity index (χ0n) is 14.1. The van der Waals surface area contributed by atoms with Crippen molar-refractivity contribution in [1.29, 1.82) is 0 Å². The fourth-order valence-corrected chi connectivity index (χ4v) is 6.34. The Bertz CT molecular complexity index is 754. The maximum Gasteiger partial charge on any atom is 0.269 e. The zero-order valence-corrected chi connectivity index (χ0v) is 15.9. The van der Waals surface area contributed by atoms with Gasteiger partial charge in [-0.05, 0) is 40.2 Å². The van der Waals surface area contributed by atoms with Crippen molar-refractivity contribution in [3.8, 4) is 24.3 Å². The molecule has 0 fully saturated rings. The van der Waals surface area contributed by atoms with Crippen LogP contribution in [0.1, 0.15) is 0 Å². The molecule has 3 unspecified atom stereocenters. The lowest BCUT2D eigenvalue weighted by atomic mass is 10.3. The SMILES string of the molecule is C#CC1C=CP(=O)(N(C)C#CC2=CP(=O)(N(C)C)N(C)C2)N1C. The van der Waals surface area contributed by atoms with Crippen LogP contribution in [0.2, 0.25) is 0 Å². The molecule has 0 aliphatic carbocycles. The molecule has 8 heteroatoms. The van der Waals surface area contributed by atoms with E-state index < -0.39 is 14.9 Å². The summed E-state index contributed by atoms with van der Waals surface area (Å²) in [7, 11) is 3.23. The van der Waals surface area contributed by atoms with Crippen molar-refractivity contribution in [1.82, 2.24) is 18.7 Å². The number of nitrogens with zero attached hydrogens (tertiary/aromatic N) is 4. The van der Waals surface area contributed by atoms with Crippen LogP contribution in [0, 0.1) is 24.3 Å². The summed E-state index contributed by atoms with van der Waals surface area (Å²) in [5, 5.41) is 0. The molecular formula is C15H22N4O2P2. The number of hydrogen-bond acceptors (Lipinski definition) is 2. The normalized spacial score (nSPS) is 34.1. The predicted octanol–water partition coefficient (Wildman–Crippen LogP) is 2.12. The first-order valence-corrected chi connectivity index (χ1v) is 10.5. The molecule has 2 rings (SSSR count). The molecular weight excluding hydrogens is 330 g/mol. The first kappa shape index (κ1) is 18.1. The van der Waals surface area contributed by atoms with Gasteiger partial charge < -0.3 is 0 Å². The summed E-state index contributed by atoms with van der Waals surface area (Å²) in [4.78, 5) is 0. The molecule has 2 aliphatic rings. The molecule has 2 aliphatic heterocycles. The van der Waals surface area contributed by atoms with E-state index in [2.05, 4.69) is 17.9 Å². The van der Waals surface area contributed by atoms with E-state index in [4.69, 9.17) is 6.42 Å². The average Bonchev–Trinajstić information content (AvgIpc) is 2.96. The number of rotatable bonds is 2. The third-order valence-electron chi connectivity index (χ3n) is 4.08. The Morgan fingerprint density at radius 1 is 1.26 bits per heavy atom. The van der Waals surface area contributed by atoms with E-state index in [0.717, 1.165) is 5.57 Å². The van der Waals surface area contributed by atoms with Gasteiger partial charge in [-0.15, -0.1) is 6.42 Å². The highest BCUT2D eigenvalue weighted by Gasteiger charge is 2.37. The van der Waals surface area contributed by atoms with E-state index in [0.29, 0.717) is 6.54 Å². The summed E-state index contributed by atoms with van der Waals surface area (Å²) >= 11 is 0. The molecule has 124 valence electrons. The lowest BCUT2D eigenvalue weighted by molar-refractivity contribution is 0.444. The van der Waals surface area contributed by atoms with Crippen molar-refractivity contribution in [3.63, 3.8) is 0 Å². The highest BCUT2D eigenvalue weighted by Crippen LogP contribution is 2.58. The van der Waals surface area contributed by atoms with Crippen molar-refractivity contribution in [2.24, 2.45) is 0 Å². The molecule has 0 spiro atoms. The minimum Gasteiger partial charge on any atom is -0.284 e. The third-order valence-corrected chi connectivity index (χ3v) is 9.67. The summed E-state index contributed by atoms with van der Waals surface area (Å²) in [6.45, 7) is 0.513. The Morgan fingerprint density at radius 2 is 1.91 bits per heavy atom. The molecule has 6 nitrogen and oxygen atoms in total. The van der Waals surface area contributed by atoms with E-state index in [1.54, 1.807) is 59.9 Å². The molecule has 0 N–H and O–H groups in total. The van der Waals surface area contributed by atoms with Crippen LogP contribution in [0.15, 0.2) is 23.3 Å². The van der Waals surface area contributed by atoms with Gasteiger partial charge in [-0.3, -0.25) is 13.8 Å². The van der Waals surface area contributed by atoms with Crippen molar-refractivity contribution in [3.05, 3.63) is 23.3 Å². The van der Waals surface area contributed by atoms with E-state index >= 15 is 0 Å². The Hall–Kier alpha value is -1.26. The molecule has 0 aromatic carbocycles. The van der Waals surface area contributed by atoms with Crippen LogP contribution >= 0.6 is 14.9 Å². The van der Waals surface area contributed by atoms with E-state index in [9.17, 15) is 9.13 Å². The number of hydrogen-bond donors (Lipinski definition) is 0. The molecule has 0 amide bonds. The standard InChI is InChI=1S/C15H22N4O2P2/c1-7-15-9-11-22(20,19(15)6)17(4)10-8-14-12-18(5)23(21,13-14)16(2)3/h1,9,11,13,15H,12H2,2-6H3. The van der Waals surface area contributed by atoms with Crippen LogP contribution in [0.4, 0.5) is 0 Å². The Balaban J connectivity index is 2.21. The monoisotopic (exact) mass is 352 g/mol. The lowest BCUT2D eigenvalue weighted by Gasteiger charge is -2.28. The highest BCUT2D eigenvalue weighted by molar-refractivity contribution is 7.63. The second kappa shape index (κ2) is 6.33. The van der Waals surface area contributed by atoms with Crippen LogP contribution in [0.5, 0.6) is 0 Å². The van der Waals surface area contributed by atoms with Gasteiger partial charge in [0, 0.05) is 36.8 Å². The van der Waals surface area contributed by atoms with Crippen LogP contribution in [0.25, 0.3) is 0 Å². The molecule has 0 bridgehead atoms. The molecule has 2 heterocycles. The van der Waals surface area contributed by atoms with Gasteiger partial charge in [0.05, 0.1) is 6.04 Å². The van der Waals surface area contributed by atoms with Crippen LogP contribution in [-0.4, -0.2) is 66.5 Å². The summed E-state index contributed by atoms with van der Waals surface area (Å²) in [6, 6.07) is 2.62. The maximum atomic E-state index is 13.0. The summed E-state index contributed by atoms with van der Waals surface area (Å²) in [5.41, 5.74) is 0.766. The van der Waals surface area contributed by atoms with Gasteiger partial charge in [0.25, 0.3) is 7.44 Å². The van der Waals surface area contributed by atoms with Crippen molar-refractivity contribution in [2.45, 2.75) is 6.04 Å². The predicted molar refractivity (Wildman–Crippen MR) is 94.7 cm³/mol. The van der Waals surface area contributed by atoms with Gasteiger partial charge in [-0.25, -0.2) is 14.0 Å². The summed E-state index contributed by atoms with van der Waals surface area (Å²) < 4.78 is 32.4. The summed E-state index contributed by atoms with van der Waals surface area (Å²) in [6.07, 6.45) is 7.18. The van der Waals surface area contributed by atoms with Gasteiger partial charge >= 0.3 is 0 Å². The second-order valence-corrected chi connectivity index (χ2v) is 11.4. The van der Waals surface area contributed by atoms with Crippen molar-refractivity contribution in [2.75, 3.05) is 41.8 Å². The number of terminal acetylenes is 1. The fraction of sp³-hybridized carbons (Fsp3) is 0.467. The second-order valence-electron chi connectivity index (χ2n) is 5.78. The average molecular weight is 352 g/mol. The molecule has 0 aromatic heterocycles. The van der Waals surface area contributed by atoms with Gasteiger partial charge in [0.1, 0.15) is 0 Å². The maximum absolute atomic E-state index is 13.0. The quantitative estimate of drug-likeness (QED) is 0.431. The molecule has 0 aromatic rings. The fourth-order valence-electron chi connectivity index (χ4n) is 2.48. The third kappa shape index (κ3) is 3.07. The minimum absolute atomic E-state index is 0.282. The first-order chi connectivity index (χ1) is 10.6. The smallest absolute Gasteiger partial charge is 0.269 e. The van der Waals surface area contributed by atoms with Crippen LogP contribution in [-0.2, 0) is 9.13 Å². The zero-order chi connectivity index (χ0) is 17.4. The first-order valence-electron chi connectivity index (χ1n) is 7.10. The molecule has 3 atom stereocenters. The van der Waals surface area contributed by atoms with Gasteiger partial charge in [0.15, 0.2) is 0 Å². The van der Waals surface area contributed by atoms with E-state index in [-0.39, 0.29) is 6.04 Å². The lowest BCUT2D eigenvalue weighted by Crippen LogP contribution is -2.26. The van der Waals surface area contributed by atoms with E-state index in [1.165, 1.54) is 4.67 Å². The van der Waals surface area contributed by atoms with Gasteiger partial charge in [0.2, 0.25) is 7.44 Å².